The van der Waals surface area contributed by atoms with E-state index in [1.165, 1.54) is 0 Å². The smallest absolute Gasteiger partial charge is 0.350 e. The van der Waals surface area contributed by atoms with E-state index in [1.807, 2.05) is 18.2 Å². The van der Waals surface area contributed by atoms with Crippen LogP contribution in [-0.2, 0) is 9.53 Å². The lowest BCUT2D eigenvalue weighted by molar-refractivity contribution is -0.116. The molecular weight excluding hydrogens is 340 g/mol. The number of nitrogens with zero attached hydrogens (tertiary/aromatic N) is 1. The van der Waals surface area contributed by atoms with Crippen molar-refractivity contribution in [2.24, 2.45) is 0 Å². The lowest BCUT2D eigenvalue weighted by Crippen LogP contribution is -2.11. The Bertz CT molecular complexity index is 756. The van der Waals surface area contributed by atoms with Crippen molar-refractivity contribution in [3.8, 4) is 0 Å². The molecule has 2 aromatic rings. The average Bonchev–Trinajstić information content (AvgIpc) is 2.96. The SMILES string of the molecule is CCOC(=O)c1sc(NC(=O)CCCC(=O)c2ccccc2)nc1C. The summed E-state index contributed by atoms with van der Waals surface area (Å²) in [5.74, 6) is -0.653. The van der Waals surface area contributed by atoms with Crippen molar-refractivity contribution < 1.29 is 19.1 Å². The van der Waals surface area contributed by atoms with Gasteiger partial charge in [0.25, 0.3) is 0 Å². The lowest BCUT2D eigenvalue weighted by atomic mass is 10.1. The molecule has 2 rings (SSSR count). The summed E-state index contributed by atoms with van der Waals surface area (Å²) in [5.41, 5.74) is 1.18. The van der Waals surface area contributed by atoms with Crippen LogP contribution >= 0.6 is 11.3 Å². The molecule has 0 aliphatic rings. The van der Waals surface area contributed by atoms with Crippen LogP contribution in [0.3, 0.4) is 0 Å². The maximum Gasteiger partial charge on any atom is 0.350 e. The van der Waals surface area contributed by atoms with Crippen molar-refractivity contribution in [2.75, 3.05) is 11.9 Å². The number of aromatic nitrogens is 1. The number of rotatable bonds is 8. The summed E-state index contributed by atoms with van der Waals surface area (Å²) < 4.78 is 4.94. The fourth-order valence-electron chi connectivity index (χ4n) is 2.20. The Morgan fingerprint density at radius 3 is 2.56 bits per heavy atom. The Morgan fingerprint density at radius 1 is 1.16 bits per heavy atom. The minimum atomic E-state index is -0.438. The van der Waals surface area contributed by atoms with Crippen LogP contribution in [0.5, 0.6) is 0 Å². The zero-order valence-corrected chi connectivity index (χ0v) is 15.0. The van der Waals surface area contributed by atoms with Crippen molar-refractivity contribution in [3.63, 3.8) is 0 Å². The van der Waals surface area contributed by atoms with Gasteiger partial charge in [0, 0.05) is 18.4 Å². The Labute approximate surface area is 150 Å². The molecule has 1 amide bonds. The molecule has 0 aliphatic carbocycles. The van der Waals surface area contributed by atoms with E-state index in [-0.39, 0.29) is 24.7 Å². The summed E-state index contributed by atoms with van der Waals surface area (Å²) in [7, 11) is 0. The van der Waals surface area contributed by atoms with Crippen molar-refractivity contribution >= 4 is 34.1 Å². The molecule has 1 aromatic heterocycles. The monoisotopic (exact) mass is 360 g/mol. The summed E-state index contributed by atoms with van der Waals surface area (Å²) >= 11 is 1.09. The van der Waals surface area contributed by atoms with E-state index in [2.05, 4.69) is 10.3 Å². The Morgan fingerprint density at radius 2 is 1.88 bits per heavy atom. The van der Waals surface area contributed by atoms with Gasteiger partial charge in [-0.15, -0.1) is 0 Å². The normalized spacial score (nSPS) is 10.3. The summed E-state index contributed by atoms with van der Waals surface area (Å²) in [5, 5.41) is 3.02. The number of carbonyl (C=O) groups excluding carboxylic acids is 3. The van der Waals surface area contributed by atoms with Gasteiger partial charge in [0.1, 0.15) is 4.88 Å². The van der Waals surface area contributed by atoms with E-state index < -0.39 is 5.97 Å². The number of carbonyl (C=O) groups is 3. The Kier molecular flexibility index (Phi) is 6.82. The fourth-order valence-corrected chi connectivity index (χ4v) is 3.07. The first kappa shape index (κ1) is 18.8. The number of amides is 1. The molecule has 0 spiro atoms. The summed E-state index contributed by atoms with van der Waals surface area (Å²) in [6.45, 7) is 3.71. The maximum absolute atomic E-state index is 12.0. The van der Waals surface area contributed by atoms with Crippen LogP contribution in [0.2, 0.25) is 0 Å². The number of ether oxygens (including phenoxy) is 1. The van der Waals surface area contributed by atoms with Crippen molar-refractivity contribution in [2.45, 2.75) is 33.1 Å². The molecule has 0 aliphatic heterocycles. The Hall–Kier alpha value is -2.54. The second-order valence-electron chi connectivity index (χ2n) is 5.34. The van der Waals surface area contributed by atoms with Crippen LogP contribution < -0.4 is 5.32 Å². The molecule has 132 valence electrons. The molecular formula is C18H20N2O4S. The van der Waals surface area contributed by atoms with Gasteiger partial charge in [-0.2, -0.15) is 0 Å². The van der Waals surface area contributed by atoms with Crippen LogP contribution in [-0.4, -0.2) is 29.3 Å². The molecule has 25 heavy (non-hydrogen) atoms. The molecule has 1 heterocycles. The molecule has 0 radical (unpaired) electrons. The summed E-state index contributed by atoms with van der Waals surface area (Å²) in [4.78, 5) is 40.2. The maximum atomic E-state index is 12.0. The van der Waals surface area contributed by atoms with Gasteiger partial charge in [-0.05, 0) is 20.3 Å². The zero-order chi connectivity index (χ0) is 18.2. The van der Waals surface area contributed by atoms with E-state index in [9.17, 15) is 14.4 Å². The van der Waals surface area contributed by atoms with Gasteiger partial charge in [0.05, 0.1) is 12.3 Å². The predicted octanol–water partition coefficient (Wildman–Crippen LogP) is 3.62. The number of hydrogen-bond acceptors (Lipinski definition) is 6. The number of benzene rings is 1. The van der Waals surface area contributed by atoms with Crippen LogP contribution in [0.25, 0.3) is 0 Å². The standard InChI is InChI=1S/C18H20N2O4S/c1-3-24-17(23)16-12(2)19-18(25-16)20-15(22)11-7-10-14(21)13-8-5-4-6-9-13/h4-6,8-9H,3,7,10-11H2,1-2H3,(H,19,20,22). The molecule has 0 saturated heterocycles. The highest BCUT2D eigenvalue weighted by Gasteiger charge is 2.17. The van der Waals surface area contributed by atoms with Gasteiger partial charge < -0.3 is 10.1 Å². The summed E-state index contributed by atoms with van der Waals surface area (Å²) in [6.07, 6.45) is 0.975. The number of anilines is 1. The number of aryl methyl sites for hydroxylation is 1. The molecule has 0 atom stereocenters. The molecule has 0 fully saturated rings. The third kappa shape index (κ3) is 5.49. The van der Waals surface area contributed by atoms with E-state index >= 15 is 0 Å². The molecule has 6 nitrogen and oxygen atoms in total. The molecule has 0 bridgehead atoms. The predicted molar refractivity (Wildman–Crippen MR) is 96.1 cm³/mol. The van der Waals surface area contributed by atoms with Gasteiger partial charge in [-0.1, -0.05) is 41.7 Å². The fraction of sp³-hybridized carbons (Fsp3) is 0.333. The highest BCUT2D eigenvalue weighted by Crippen LogP contribution is 2.23. The van der Waals surface area contributed by atoms with Gasteiger partial charge in [0.2, 0.25) is 5.91 Å². The van der Waals surface area contributed by atoms with Gasteiger partial charge in [-0.25, -0.2) is 9.78 Å². The van der Waals surface area contributed by atoms with Crippen molar-refractivity contribution in [1.29, 1.82) is 0 Å². The molecule has 1 aromatic carbocycles. The second kappa shape index (κ2) is 9.08. The number of Topliss-reactive ketones (excluding diaryl/α,β-unsaturated/α-hetero) is 1. The largest absolute Gasteiger partial charge is 0.462 e. The average molecular weight is 360 g/mol. The quantitative estimate of drug-likeness (QED) is 0.574. The summed E-state index contributed by atoms with van der Waals surface area (Å²) in [6, 6.07) is 9.00. The second-order valence-corrected chi connectivity index (χ2v) is 6.34. The van der Waals surface area contributed by atoms with E-state index in [1.54, 1.807) is 26.0 Å². The number of hydrogen-bond donors (Lipinski definition) is 1. The topological polar surface area (TPSA) is 85.4 Å². The molecule has 0 unspecified atom stereocenters. The van der Waals surface area contributed by atoms with E-state index in [4.69, 9.17) is 4.74 Å². The Balaban J connectivity index is 1.81. The van der Waals surface area contributed by atoms with Crippen molar-refractivity contribution in [3.05, 3.63) is 46.5 Å². The molecule has 1 N–H and O–H groups in total. The third-order valence-electron chi connectivity index (χ3n) is 3.41. The third-order valence-corrected chi connectivity index (χ3v) is 4.46. The lowest BCUT2D eigenvalue weighted by Gasteiger charge is -2.02. The van der Waals surface area contributed by atoms with Gasteiger partial charge in [0.15, 0.2) is 10.9 Å². The van der Waals surface area contributed by atoms with Crippen LogP contribution in [0.15, 0.2) is 30.3 Å². The van der Waals surface area contributed by atoms with Crippen LogP contribution in [0, 0.1) is 6.92 Å². The zero-order valence-electron chi connectivity index (χ0n) is 14.2. The first-order chi connectivity index (χ1) is 12.0. The minimum absolute atomic E-state index is 0.0168. The first-order valence-corrected chi connectivity index (χ1v) is 8.85. The number of thiazole rings is 1. The van der Waals surface area contributed by atoms with Gasteiger partial charge in [-0.3, -0.25) is 9.59 Å². The first-order valence-electron chi connectivity index (χ1n) is 8.04. The van der Waals surface area contributed by atoms with Crippen molar-refractivity contribution in [1.82, 2.24) is 4.98 Å². The van der Waals surface area contributed by atoms with E-state index in [0.29, 0.717) is 34.1 Å². The number of esters is 1. The number of ketones is 1. The van der Waals surface area contributed by atoms with Crippen LogP contribution in [0.1, 0.15) is 51.9 Å². The molecule has 7 heteroatoms. The van der Waals surface area contributed by atoms with E-state index in [0.717, 1.165) is 11.3 Å². The van der Waals surface area contributed by atoms with Crippen LogP contribution in [0.4, 0.5) is 5.13 Å². The van der Waals surface area contributed by atoms with Gasteiger partial charge >= 0.3 is 5.97 Å². The molecule has 0 saturated carbocycles. The highest BCUT2D eigenvalue weighted by atomic mass is 32.1. The number of nitrogens with one attached hydrogen (secondary N) is 1. The minimum Gasteiger partial charge on any atom is -0.462 e. The highest BCUT2D eigenvalue weighted by molar-refractivity contribution is 7.17.